The van der Waals surface area contributed by atoms with Crippen molar-refractivity contribution in [3.63, 3.8) is 0 Å². The van der Waals surface area contributed by atoms with Gasteiger partial charge in [-0.15, -0.1) is 22.7 Å². The fourth-order valence-corrected chi connectivity index (χ4v) is 4.45. The van der Waals surface area contributed by atoms with Gasteiger partial charge in [-0.2, -0.15) is 0 Å². The fourth-order valence-electron chi connectivity index (χ4n) is 1.38. The van der Waals surface area contributed by atoms with E-state index in [1.807, 2.05) is 6.92 Å². The maximum atomic E-state index is 12.0. The molecule has 0 saturated carbocycles. The maximum absolute atomic E-state index is 12.0. The summed E-state index contributed by atoms with van der Waals surface area (Å²) in [5, 5.41) is 11.0. The molecule has 9 heteroatoms. The zero-order chi connectivity index (χ0) is 14.0. The smallest absolute Gasteiger partial charge is 0.347 e. The van der Waals surface area contributed by atoms with E-state index in [4.69, 9.17) is 5.11 Å². The molecule has 0 spiro atoms. The Hall–Kier alpha value is -1.29. The van der Waals surface area contributed by atoms with Crippen molar-refractivity contribution in [2.75, 3.05) is 0 Å². The van der Waals surface area contributed by atoms with E-state index >= 15 is 0 Å². The molecule has 0 unspecified atom stereocenters. The number of thiazole rings is 1. The Bertz CT molecular complexity index is 702. The van der Waals surface area contributed by atoms with Gasteiger partial charge in [0.15, 0.2) is 0 Å². The van der Waals surface area contributed by atoms with Crippen molar-refractivity contribution in [1.29, 1.82) is 0 Å². The Morgan fingerprint density at radius 1 is 1.53 bits per heavy atom. The molecule has 0 atom stereocenters. The van der Waals surface area contributed by atoms with Crippen LogP contribution in [0.5, 0.6) is 0 Å². The number of thiophene rings is 1. The molecule has 0 aliphatic carbocycles. The summed E-state index contributed by atoms with van der Waals surface area (Å²) >= 11 is 2.26. The summed E-state index contributed by atoms with van der Waals surface area (Å²) in [4.78, 5) is 15.5. The van der Waals surface area contributed by atoms with Crippen molar-refractivity contribution < 1.29 is 18.3 Å². The lowest BCUT2D eigenvalue weighted by Crippen LogP contribution is -2.24. The molecule has 19 heavy (non-hydrogen) atoms. The number of aromatic nitrogens is 1. The number of nitrogens with zero attached hydrogens (tertiary/aromatic N) is 1. The summed E-state index contributed by atoms with van der Waals surface area (Å²) in [6.07, 6.45) is 1.65. The molecule has 0 fully saturated rings. The van der Waals surface area contributed by atoms with Crippen LogP contribution in [0.1, 0.15) is 19.6 Å². The van der Waals surface area contributed by atoms with Gasteiger partial charge in [-0.25, -0.2) is 22.9 Å². The highest BCUT2D eigenvalue weighted by atomic mass is 32.2. The molecule has 2 N–H and O–H groups in total. The Morgan fingerprint density at radius 3 is 2.84 bits per heavy atom. The van der Waals surface area contributed by atoms with Gasteiger partial charge in [0.05, 0.1) is 6.54 Å². The van der Waals surface area contributed by atoms with Gasteiger partial charge in [0.2, 0.25) is 10.0 Å². The van der Waals surface area contributed by atoms with Crippen LogP contribution >= 0.6 is 22.7 Å². The minimum Gasteiger partial charge on any atom is -0.477 e. The minimum absolute atomic E-state index is 0.0513. The first-order chi connectivity index (χ1) is 8.90. The van der Waals surface area contributed by atoms with E-state index in [-0.39, 0.29) is 16.3 Å². The number of hydrogen-bond donors (Lipinski definition) is 2. The molecule has 0 bridgehead atoms. The van der Waals surface area contributed by atoms with Crippen LogP contribution in [-0.4, -0.2) is 24.5 Å². The number of hydrogen-bond acceptors (Lipinski definition) is 6. The van der Waals surface area contributed by atoms with Crippen LogP contribution in [0.3, 0.4) is 0 Å². The third-order valence-electron chi connectivity index (χ3n) is 2.20. The summed E-state index contributed by atoms with van der Waals surface area (Å²) in [5.74, 6) is -1.25. The molecule has 0 aliphatic heterocycles. The Morgan fingerprint density at radius 2 is 2.26 bits per heavy atom. The molecular formula is C10H10N2O4S3. The second kappa shape index (κ2) is 5.37. The number of sulfonamides is 1. The summed E-state index contributed by atoms with van der Waals surface area (Å²) in [6, 6.07) is 1.28. The largest absolute Gasteiger partial charge is 0.477 e. The standard InChI is InChI=1S/C10H10N2O4S3/c1-6-4-11-8(18-6)5-12-19(15,16)7-2-3-17-9(7)10(13)14/h2-4,12H,5H2,1H3,(H,13,14). The van der Waals surface area contributed by atoms with Crippen LogP contribution in [0.15, 0.2) is 22.5 Å². The number of carboxylic acids is 1. The van der Waals surface area contributed by atoms with E-state index in [1.54, 1.807) is 6.20 Å². The normalized spacial score (nSPS) is 11.6. The van der Waals surface area contributed by atoms with E-state index in [0.717, 1.165) is 16.2 Å². The summed E-state index contributed by atoms with van der Waals surface area (Å²) in [5.41, 5.74) is 0. The topological polar surface area (TPSA) is 96.4 Å². The van der Waals surface area contributed by atoms with E-state index < -0.39 is 16.0 Å². The van der Waals surface area contributed by atoms with E-state index in [0.29, 0.717) is 5.01 Å². The lowest BCUT2D eigenvalue weighted by atomic mass is 10.5. The number of nitrogens with one attached hydrogen (secondary N) is 1. The molecule has 0 amide bonds. The molecule has 2 heterocycles. The molecule has 2 rings (SSSR count). The van der Waals surface area contributed by atoms with Crippen molar-refractivity contribution in [2.45, 2.75) is 18.4 Å². The summed E-state index contributed by atoms with van der Waals surface area (Å²) < 4.78 is 26.4. The fraction of sp³-hybridized carbons (Fsp3) is 0.200. The molecule has 0 radical (unpaired) electrons. The van der Waals surface area contributed by atoms with Gasteiger partial charge in [-0.1, -0.05) is 0 Å². The van der Waals surface area contributed by atoms with Crippen molar-refractivity contribution in [3.8, 4) is 0 Å². The molecule has 0 aliphatic rings. The van der Waals surface area contributed by atoms with Crippen LogP contribution in [0, 0.1) is 6.92 Å². The Balaban J connectivity index is 2.18. The lowest BCUT2D eigenvalue weighted by molar-refractivity contribution is 0.0698. The highest BCUT2D eigenvalue weighted by molar-refractivity contribution is 7.89. The first-order valence-corrected chi connectivity index (χ1v) is 8.30. The predicted octanol–water partition coefficient (Wildman–Crippen LogP) is 1.69. The third-order valence-corrected chi connectivity index (χ3v) is 5.58. The SMILES string of the molecule is Cc1cnc(CNS(=O)(=O)c2ccsc2C(=O)O)s1. The zero-order valence-electron chi connectivity index (χ0n) is 9.78. The van der Waals surface area contributed by atoms with Crippen molar-refractivity contribution in [2.24, 2.45) is 0 Å². The van der Waals surface area contributed by atoms with Crippen LogP contribution in [-0.2, 0) is 16.6 Å². The molecule has 102 valence electrons. The summed E-state index contributed by atoms with van der Waals surface area (Å²) in [6.45, 7) is 1.92. The number of aromatic carboxylic acids is 1. The van der Waals surface area contributed by atoms with Crippen molar-refractivity contribution in [3.05, 3.63) is 32.4 Å². The van der Waals surface area contributed by atoms with Crippen LogP contribution in [0.25, 0.3) is 0 Å². The van der Waals surface area contributed by atoms with Crippen molar-refractivity contribution >= 4 is 38.7 Å². The highest BCUT2D eigenvalue weighted by Gasteiger charge is 2.23. The number of carbonyl (C=O) groups is 1. The highest BCUT2D eigenvalue weighted by Crippen LogP contribution is 2.22. The van der Waals surface area contributed by atoms with E-state index in [2.05, 4.69) is 9.71 Å². The van der Waals surface area contributed by atoms with Gasteiger partial charge in [-0.05, 0) is 18.4 Å². The van der Waals surface area contributed by atoms with Crippen LogP contribution in [0.2, 0.25) is 0 Å². The van der Waals surface area contributed by atoms with Gasteiger partial charge in [0, 0.05) is 11.1 Å². The Labute approximate surface area is 117 Å². The van der Waals surface area contributed by atoms with Gasteiger partial charge in [-0.3, -0.25) is 0 Å². The first kappa shape index (κ1) is 14.1. The van der Waals surface area contributed by atoms with Gasteiger partial charge in [0.25, 0.3) is 0 Å². The van der Waals surface area contributed by atoms with E-state index in [1.165, 1.54) is 22.8 Å². The number of rotatable bonds is 5. The van der Waals surface area contributed by atoms with Crippen molar-refractivity contribution in [1.82, 2.24) is 9.71 Å². The maximum Gasteiger partial charge on any atom is 0.347 e. The molecular weight excluding hydrogens is 308 g/mol. The zero-order valence-corrected chi connectivity index (χ0v) is 12.2. The lowest BCUT2D eigenvalue weighted by Gasteiger charge is -2.04. The van der Waals surface area contributed by atoms with Crippen LogP contribution < -0.4 is 4.72 Å². The minimum atomic E-state index is -3.84. The monoisotopic (exact) mass is 318 g/mol. The first-order valence-electron chi connectivity index (χ1n) is 5.12. The van der Waals surface area contributed by atoms with Gasteiger partial charge in [0.1, 0.15) is 14.8 Å². The van der Waals surface area contributed by atoms with E-state index in [9.17, 15) is 13.2 Å². The average molecular weight is 318 g/mol. The Kier molecular flexibility index (Phi) is 3.99. The second-order valence-electron chi connectivity index (χ2n) is 3.61. The van der Waals surface area contributed by atoms with Gasteiger partial charge < -0.3 is 5.11 Å². The molecule has 6 nitrogen and oxygen atoms in total. The molecule has 2 aromatic heterocycles. The number of carboxylic acid groups (broad SMARTS) is 1. The molecule has 0 saturated heterocycles. The van der Waals surface area contributed by atoms with Gasteiger partial charge >= 0.3 is 5.97 Å². The second-order valence-corrected chi connectivity index (χ2v) is 7.58. The predicted molar refractivity (Wildman–Crippen MR) is 72.2 cm³/mol. The molecule has 2 aromatic rings. The van der Waals surface area contributed by atoms with Crippen LogP contribution in [0.4, 0.5) is 0 Å². The quantitative estimate of drug-likeness (QED) is 0.874. The summed E-state index contributed by atoms with van der Waals surface area (Å²) in [7, 11) is -3.84. The average Bonchev–Trinajstić information content (AvgIpc) is 2.94. The number of aryl methyl sites for hydroxylation is 1. The third kappa shape index (κ3) is 3.18. The molecule has 0 aromatic carbocycles.